The van der Waals surface area contributed by atoms with Gasteiger partial charge in [-0.15, -0.1) is 0 Å². The van der Waals surface area contributed by atoms with E-state index >= 15 is 0 Å². The zero-order valence-electron chi connectivity index (χ0n) is 11.5. The summed E-state index contributed by atoms with van der Waals surface area (Å²) in [6, 6.07) is 9.51. The molecular formula is C14H16N2O3S. The van der Waals surface area contributed by atoms with Crippen molar-refractivity contribution >= 4 is 15.7 Å². The molecule has 20 heavy (non-hydrogen) atoms. The van der Waals surface area contributed by atoms with Crippen molar-refractivity contribution in [2.45, 2.75) is 18.7 Å². The zero-order chi connectivity index (χ0) is 14.9. The summed E-state index contributed by atoms with van der Waals surface area (Å²) in [5.41, 5.74) is 1.34. The van der Waals surface area contributed by atoms with Crippen molar-refractivity contribution in [1.29, 1.82) is 0 Å². The molecule has 0 saturated carbocycles. The van der Waals surface area contributed by atoms with Crippen molar-refractivity contribution in [2.24, 2.45) is 7.05 Å². The van der Waals surface area contributed by atoms with Gasteiger partial charge in [-0.25, -0.2) is 8.42 Å². The number of pyridine rings is 1. The second-order valence-electron chi connectivity index (χ2n) is 4.61. The monoisotopic (exact) mass is 292 g/mol. The van der Waals surface area contributed by atoms with E-state index in [1.54, 1.807) is 31.3 Å². The summed E-state index contributed by atoms with van der Waals surface area (Å²) in [4.78, 5) is 12.2. The van der Waals surface area contributed by atoms with Crippen LogP contribution in [0.4, 0.5) is 5.69 Å². The number of rotatable bonds is 3. The summed E-state index contributed by atoms with van der Waals surface area (Å²) in [6.07, 6.45) is 0. The lowest BCUT2D eigenvalue weighted by atomic mass is 10.2. The number of nitrogens with one attached hydrogen (secondary N) is 1. The molecule has 0 aliphatic rings. The largest absolute Gasteiger partial charge is 0.314 e. The molecule has 1 N–H and O–H groups in total. The van der Waals surface area contributed by atoms with Gasteiger partial charge < -0.3 is 4.57 Å². The van der Waals surface area contributed by atoms with Crippen molar-refractivity contribution in [2.75, 3.05) is 4.72 Å². The summed E-state index contributed by atoms with van der Waals surface area (Å²) < 4.78 is 28.2. The van der Waals surface area contributed by atoms with Crippen LogP contribution in [-0.4, -0.2) is 13.0 Å². The third-order valence-corrected chi connectivity index (χ3v) is 4.65. The van der Waals surface area contributed by atoms with E-state index in [9.17, 15) is 13.2 Å². The smallest absolute Gasteiger partial charge is 0.274 e. The molecule has 0 aliphatic carbocycles. The number of sulfonamides is 1. The van der Waals surface area contributed by atoms with E-state index in [4.69, 9.17) is 0 Å². The molecule has 1 heterocycles. The molecule has 0 radical (unpaired) electrons. The first-order valence-electron chi connectivity index (χ1n) is 6.08. The van der Waals surface area contributed by atoms with Crippen LogP contribution in [0.15, 0.2) is 46.1 Å². The van der Waals surface area contributed by atoms with Crippen LogP contribution in [0.25, 0.3) is 0 Å². The Bertz CT molecular complexity index is 793. The SMILES string of the molecule is Cc1cc(NS(=O)(=O)c2ccccc2)c(=O)n(C)c1C. The summed E-state index contributed by atoms with van der Waals surface area (Å²) in [6.45, 7) is 3.64. The third kappa shape index (κ3) is 2.60. The van der Waals surface area contributed by atoms with E-state index in [-0.39, 0.29) is 16.1 Å². The first-order chi connectivity index (χ1) is 9.33. The Kier molecular flexibility index (Phi) is 3.67. The predicted molar refractivity (Wildman–Crippen MR) is 78.4 cm³/mol. The molecule has 0 spiro atoms. The van der Waals surface area contributed by atoms with Crippen LogP contribution in [-0.2, 0) is 17.1 Å². The van der Waals surface area contributed by atoms with Crippen LogP contribution in [0, 0.1) is 13.8 Å². The zero-order valence-corrected chi connectivity index (χ0v) is 12.4. The quantitative estimate of drug-likeness (QED) is 0.938. The van der Waals surface area contributed by atoms with Gasteiger partial charge in [-0.3, -0.25) is 9.52 Å². The van der Waals surface area contributed by atoms with Crippen LogP contribution in [0.2, 0.25) is 0 Å². The van der Waals surface area contributed by atoms with Crippen molar-refractivity contribution in [1.82, 2.24) is 4.57 Å². The molecule has 1 aromatic carbocycles. The molecule has 1 aromatic heterocycles. The molecule has 106 valence electrons. The number of benzene rings is 1. The second kappa shape index (κ2) is 5.13. The normalized spacial score (nSPS) is 11.3. The van der Waals surface area contributed by atoms with Gasteiger partial charge in [0.2, 0.25) is 0 Å². The molecule has 0 saturated heterocycles. The Labute approximate surface area is 117 Å². The maximum absolute atomic E-state index is 12.2. The molecular weight excluding hydrogens is 276 g/mol. The van der Waals surface area contributed by atoms with Crippen LogP contribution in [0.3, 0.4) is 0 Å². The number of hydrogen-bond donors (Lipinski definition) is 1. The average molecular weight is 292 g/mol. The molecule has 5 nitrogen and oxygen atoms in total. The number of nitrogens with zero attached hydrogens (tertiary/aromatic N) is 1. The summed E-state index contributed by atoms with van der Waals surface area (Å²) in [5.74, 6) is 0. The van der Waals surface area contributed by atoms with E-state index in [0.717, 1.165) is 11.3 Å². The Morgan fingerprint density at radius 2 is 1.70 bits per heavy atom. The van der Waals surface area contributed by atoms with Crippen molar-refractivity contribution in [3.63, 3.8) is 0 Å². The molecule has 0 atom stereocenters. The van der Waals surface area contributed by atoms with Gasteiger partial charge >= 0.3 is 0 Å². The molecule has 0 amide bonds. The first kappa shape index (κ1) is 14.3. The van der Waals surface area contributed by atoms with E-state index in [1.165, 1.54) is 16.7 Å². The number of aromatic nitrogens is 1. The van der Waals surface area contributed by atoms with Crippen LogP contribution in [0.1, 0.15) is 11.3 Å². The second-order valence-corrected chi connectivity index (χ2v) is 6.29. The van der Waals surface area contributed by atoms with Gasteiger partial charge in [-0.05, 0) is 37.6 Å². The molecule has 0 bridgehead atoms. The van der Waals surface area contributed by atoms with Crippen molar-refractivity contribution < 1.29 is 8.42 Å². The number of aryl methyl sites for hydroxylation is 1. The fourth-order valence-electron chi connectivity index (χ4n) is 1.86. The lowest BCUT2D eigenvalue weighted by Gasteiger charge is -2.12. The molecule has 2 rings (SSSR count). The highest BCUT2D eigenvalue weighted by molar-refractivity contribution is 7.92. The van der Waals surface area contributed by atoms with Gasteiger partial charge in [0.25, 0.3) is 15.6 Å². The molecule has 0 aliphatic heterocycles. The highest BCUT2D eigenvalue weighted by Crippen LogP contribution is 2.15. The molecule has 0 fully saturated rings. The standard InChI is InChI=1S/C14H16N2O3S/c1-10-9-13(14(17)16(3)11(10)2)15-20(18,19)12-7-5-4-6-8-12/h4-9,15H,1-3H3. The lowest BCUT2D eigenvalue weighted by molar-refractivity contribution is 0.601. The van der Waals surface area contributed by atoms with Crippen LogP contribution in [0.5, 0.6) is 0 Å². The van der Waals surface area contributed by atoms with Crippen molar-refractivity contribution in [3.05, 3.63) is 58.0 Å². The number of hydrogen-bond acceptors (Lipinski definition) is 3. The van der Waals surface area contributed by atoms with Crippen LogP contribution >= 0.6 is 0 Å². The predicted octanol–water partition coefficient (Wildman–Crippen LogP) is 1.80. The third-order valence-electron chi connectivity index (χ3n) is 3.27. The Balaban J connectivity index is 2.49. The Hall–Kier alpha value is -2.08. The van der Waals surface area contributed by atoms with E-state index in [0.29, 0.717) is 0 Å². The van der Waals surface area contributed by atoms with Gasteiger partial charge in [0, 0.05) is 12.7 Å². The fraction of sp³-hybridized carbons (Fsp3) is 0.214. The van der Waals surface area contributed by atoms with E-state index < -0.39 is 10.0 Å². The summed E-state index contributed by atoms with van der Waals surface area (Å²) >= 11 is 0. The van der Waals surface area contributed by atoms with Gasteiger partial charge in [0.05, 0.1) is 4.90 Å². The number of anilines is 1. The highest BCUT2D eigenvalue weighted by atomic mass is 32.2. The first-order valence-corrected chi connectivity index (χ1v) is 7.56. The molecule has 6 heteroatoms. The lowest BCUT2D eigenvalue weighted by Crippen LogP contribution is -2.26. The van der Waals surface area contributed by atoms with Gasteiger partial charge in [0.1, 0.15) is 5.69 Å². The van der Waals surface area contributed by atoms with Crippen molar-refractivity contribution in [3.8, 4) is 0 Å². The summed E-state index contributed by atoms with van der Waals surface area (Å²) in [7, 11) is -2.13. The van der Waals surface area contributed by atoms with E-state index in [2.05, 4.69) is 4.72 Å². The van der Waals surface area contributed by atoms with E-state index in [1.807, 2.05) is 13.8 Å². The fourth-order valence-corrected chi connectivity index (χ4v) is 2.93. The average Bonchev–Trinajstić information content (AvgIpc) is 2.43. The Morgan fingerprint density at radius 1 is 1.10 bits per heavy atom. The minimum absolute atomic E-state index is 0.0550. The van der Waals surface area contributed by atoms with Gasteiger partial charge in [0.15, 0.2) is 0 Å². The van der Waals surface area contributed by atoms with Gasteiger partial charge in [-0.1, -0.05) is 18.2 Å². The maximum atomic E-state index is 12.2. The maximum Gasteiger partial charge on any atom is 0.274 e. The molecule has 2 aromatic rings. The topological polar surface area (TPSA) is 68.2 Å². The minimum Gasteiger partial charge on any atom is -0.314 e. The summed E-state index contributed by atoms with van der Waals surface area (Å²) in [5, 5.41) is 0. The van der Waals surface area contributed by atoms with Crippen LogP contribution < -0.4 is 10.3 Å². The minimum atomic E-state index is -3.75. The van der Waals surface area contributed by atoms with Gasteiger partial charge in [-0.2, -0.15) is 0 Å². The highest BCUT2D eigenvalue weighted by Gasteiger charge is 2.16. The Morgan fingerprint density at radius 3 is 2.30 bits per heavy atom. The molecule has 0 unspecified atom stereocenters.